The van der Waals surface area contributed by atoms with Gasteiger partial charge in [0.25, 0.3) is 0 Å². The van der Waals surface area contributed by atoms with E-state index in [9.17, 15) is 52.7 Å². The number of hydrogen-bond acceptors (Lipinski definition) is 12. The minimum absolute atomic E-state index is 0.00215. The maximum atomic E-state index is 14.5. The largest absolute Gasteiger partial charge is 0.370 e. The molecule has 2 heterocycles. The van der Waals surface area contributed by atoms with Gasteiger partial charge in [-0.25, -0.2) is 4.98 Å². The lowest BCUT2D eigenvalue weighted by Gasteiger charge is -2.26. The minimum Gasteiger partial charge on any atom is -0.370 e. The molecule has 10 N–H and O–H groups in total. The number of nitrogens with two attached hydrogens (primary N) is 2. The first-order valence-corrected chi connectivity index (χ1v) is 35.0. The number of Topliss-reactive ketones (excluding diaryl/α,β-unsaturated/α-hetero) is 5. The van der Waals surface area contributed by atoms with Gasteiger partial charge in [0.15, 0.2) is 37.8 Å². The summed E-state index contributed by atoms with van der Waals surface area (Å²) in [4.78, 5) is 163. The Morgan fingerprint density at radius 1 is 0.552 bits per heavy atom. The standard InChI is InChI=1S/C75H97N9O11S/c1-8-49(6)52(31-36-70(91)82-64(73(77)93)38-47(2)3)42-68(89)63(43-55-45-78-46-80-55)81-71(92)37-34-66(87)72(48(4)5)84-74(94)50(7)39-67(88)62(41-54-44-79-61-26-19-18-25-60(54)61)83-75(95)53(30-35-69(76)90)40-56(85)20-12-9-17-27-65(86)51-28-32-59(33-29-51)96(57-21-13-10-14-22-57)58-23-15-11-16-24-58/h10-11,13-16,18-19,21-26,28-29,32-33,44-50,52-53,62-64,72,79H,8-9,12,17,20,27,30-31,34-43H2,1-7H3,(H8-,76,77,78,80,81,82,83,84,90,91,92,93,94,95)/p+1/t49-,50+,52-,53+,62-,63-,64-,72-/m0/s1. The van der Waals surface area contributed by atoms with Crippen LogP contribution in [0.4, 0.5) is 0 Å². The number of unbranched alkanes of at least 4 members (excludes halogenated alkanes) is 2. The summed E-state index contributed by atoms with van der Waals surface area (Å²) >= 11 is 0. The van der Waals surface area contributed by atoms with Crippen LogP contribution in [0, 0.1) is 35.5 Å². The van der Waals surface area contributed by atoms with E-state index in [0.29, 0.717) is 55.3 Å². The van der Waals surface area contributed by atoms with E-state index in [1.165, 1.54) is 23.0 Å². The lowest BCUT2D eigenvalue weighted by atomic mass is 9.82. The smallest absolute Gasteiger partial charge is 0.240 e. The molecule has 4 aromatic carbocycles. The number of benzene rings is 4. The Morgan fingerprint density at radius 2 is 1.16 bits per heavy atom. The monoisotopic (exact) mass is 1330 g/mol. The third-order valence-electron chi connectivity index (χ3n) is 17.7. The predicted octanol–water partition coefficient (Wildman–Crippen LogP) is 9.92. The fourth-order valence-corrected chi connectivity index (χ4v) is 14.0. The van der Waals surface area contributed by atoms with Crippen molar-refractivity contribution in [2.75, 3.05) is 0 Å². The summed E-state index contributed by atoms with van der Waals surface area (Å²) in [7, 11) is -0.352. The number of imidazole rings is 1. The van der Waals surface area contributed by atoms with E-state index >= 15 is 0 Å². The van der Waals surface area contributed by atoms with E-state index in [0.717, 1.165) is 22.2 Å². The number of carbonyl (C=O) groups is 11. The van der Waals surface area contributed by atoms with Crippen LogP contribution in [-0.4, -0.2) is 103 Å². The number of nitrogens with one attached hydrogen (secondary N) is 6. The van der Waals surface area contributed by atoms with Gasteiger partial charge in [-0.3, -0.25) is 52.7 Å². The Labute approximate surface area is 567 Å². The molecule has 0 saturated heterocycles. The number of rotatable bonds is 44. The number of aromatic amines is 2. The molecule has 0 fully saturated rings. The molecule has 0 aliphatic carbocycles. The first-order chi connectivity index (χ1) is 45.9. The fraction of sp³-hybridized carbons (Fsp3) is 0.467. The lowest BCUT2D eigenvalue weighted by Crippen LogP contribution is -2.49. The first kappa shape index (κ1) is 76.2. The van der Waals surface area contributed by atoms with Gasteiger partial charge in [-0.1, -0.05) is 116 Å². The molecule has 0 saturated carbocycles. The van der Waals surface area contributed by atoms with Crippen molar-refractivity contribution >= 4 is 86.2 Å². The van der Waals surface area contributed by atoms with E-state index in [1.807, 2.05) is 113 Å². The van der Waals surface area contributed by atoms with E-state index in [-0.39, 0.29) is 123 Å². The summed E-state index contributed by atoms with van der Waals surface area (Å²) in [5.74, 6) is -7.45. The Bertz CT molecular complexity index is 3520. The number of primary amides is 2. The maximum absolute atomic E-state index is 14.5. The van der Waals surface area contributed by atoms with Crippen molar-refractivity contribution < 1.29 is 52.7 Å². The van der Waals surface area contributed by atoms with Crippen molar-refractivity contribution in [3.05, 3.63) is 145 Å². The molecule has 6 aromatic rings. The summed E-state index contributed by atoms with van der Waals surface area (Å²) in [6.45, 7) is 12.8. The Kier molecular flexibility index (Phi) is 30.7. The van der Waals surface area contributed by atoms with Gasteiger partial charge in [-0.05, 0) is 116 Å². The van der Waals surface area contributed by atoms with Gasteiger partial charge in [0.1, 0.15) is 11.8 Å². The maximum Gasteiger partial charge on any atom is 0.240 e. The molecule has 21 heteroatoms. The SMILES string of the molecule is CC[C@H](C)[C@@H](CCC(=O)N[C@@H](CC(C)C)C(N)=O)CC(=O)[C@H](Cc1cnc[nH]1)NC(=O)CCC(=O)[C@@H](NC(=O)[C@H](C)CC(=O)[C@H](Cc1c[nH]c2ccccc12)NC(=O)[C@H](CCC(N)=O)CC(=O)CCCCCC(=O)c1ccc([S+](c2ccccc2)c2ccccc2)cc1)C(C)C. The summed E-state index contributed by atoms with van der Waals surface area (Å²) in [5, 5.41) is 12.1. The lowest BCUT2D eigenvalue weighted by molar-refractivity contribution is -0.135. The van der Waals surface area contributed by atoms with Crippen LogP contribution >= 0.6 is 0 Å². The molecule has 514 valence electrons. The molecule has 6 rings (SSSR count). The Hall–Kier alpha value is -8.85. The zero-order valence-electron chi connectivity index (χ0n) is 56.6. The molecule has 0 spiro atoms. The molecule has 0 aliphatic rings. The van der Waals surface area contributed by atoms with Crippen LogP contribution in [-0.2, 0) is 71.7 Å². The molecular formula is C75H98N9O11S+. The van der Waals surface area contributed by atoms with Gasteiger partial charge >= 0.3 is 0 Å². The molecule has 96 heavy (non-hydrogen) atoms. The Morgan fingerprint density at radius 3 is 1.77 bits per heavy atom. The molecule has 20 nitrogen and oxygen atoms in total. The fourth-order valence-electron chi connectivity index (χ4n) is 11.9. The minimum atomic E-state index is -1.18. The van der Waals surface area contributed by atoms with Gasteiger partial charge in [0.2, 0.25) is 35.4 Å². The molecule has 6 amide bonds. The van der Waals surface area contributed by atoms with Crippen LogP contribution in [0.25, 0.3) is 10.9 Å². The number of nitrogens with zero attached hydrogens (tertiary/aromatic N) is 1. The molecule has 0 unspecified atom stereocenters. The van der Waals surface area contributed by atoms with Gasteiger partial charge in [-0.15, -0.1) is 0 Å². The predicted molar refractivity (Wildman–Crippen MR) is 371 cm³/mol. The number of fused-ring (bicyclic) bond motifs is 1. The van der Waals surface area contributed by atoms with E-state index in [2.05, 4.69) is 60.5 Å². The summed E-state index contributed by atoms with van der Waals surface area (Å²) in [6.07, 6.45) is 7.02. The number of hydrogen-bond donors (Lipinski definition) is 8. The first-order valence-electron chi connectivity index (χ1n) is 33.8. The van der Waals surface area contributed by atoms with Gasteiger partial charge in [-0.2, -0.15) is 0 Å². The normalized spacial score (nSPS) is 14.0. The van der Waals surface area contributed by atoms with Crippen molar-refractivity contribution in [2.24, 2.45) is 47.0 Å². The van der Waals surface area contributed by atoms with Crippen LogP contribution in [0.5, 0.6) is 0 Å². The highest BCUT2D eigenvalue weighted by Gasteiger charge is 2.34. The summed E-state index contributed by atoms with van der Waals surface area (Å²) in [6, 6.07) is 31.7. The number of amides is 6. The highest BCUT2D eigenvalue weighted by molar-refractivity contribution is 7.97. The average Bonchev–Trinajstić information content (AvgIpc) is 1.63. The topological polar surface area (TPSA) is 332 Å². The van der Waals surface area contributed by atoms with E-state index in [1.54, 1.807) is 26.2 Å². The zero-order chi connectivity index (χ0) is 69.8. The molecule has 0 aliphatic heterocycles. The molecule has 0 bridgehead atoms. The third kappa shape index (κ3) is 24.4. The van der Waals surface area contributed by atoms with E-state index in [4.69, 9.17) is 11.5 Å². The highest BCUT2D eigenvalue weighted by Crippen LogP contribution is 2.32. The number of ketones is 5. The van der Waals surface area contributed by atoms with Crippen molar-refractivity contribution in [1.82, 2.24) is 36.2 Å². The van der Waals surface area contributed by atoms with Crippen molar-refractivity contribution in [3.8, 4) is 0 Å². The average molecular weight is 1330 g/mol. The van der Waals surface area contributed by atoms with Crippen LogP contribution in [0.2, 0.25) is 0 Å². The van der Waals surface area contributed by atoms with Gasteiger partial charge in [0.05, 0.1) is 35.3 Å². The second-order valence-electron chi connectivity index (χ2n) is 26.2. The van der Waals surface area contributed by atoms with Gasteiger partial charge in [0, 0.05) is 117 Å². The van der Waals surface area contributed by atoms with Crippen molar-refractivity contribution in [2.45, 2.75) is 203 Å². The molecular weight excluding hydrogens is 1230 g/mol. The zero-order valence-corrected chi connectivity index (χ0v) is 57.4. The Balaban J connectivity index is 1.04. The quantitative estimate of drug-likeness (QED) is 0.0101. The third-order valence-corrected chi connectivity index (χ3v) is 20.0. The number of carbonyl (C=O) groups excluding carboxylic acids is 11. The summed E-state index contributed by atoms with van der Waals surface area (Å²) in [5.41, 5.74) is 13.8. The van der Waals surface area contributed by atoms with Crippen LogP contribution in [0.1, 0.15) is 173 Å². The van der Waals surface area contributed by atoms with E-state index < -0.39 is 83.0 Å². The van der Waals surface area contributed by atoms with Crippen molar-refractivity contribution in [3.63, 3.8) is 0 Å². The molecule has 2 aromatic heterocycles. The van der Waals surface area contributed by atoms with Crippen LogP contribution in [0.15, 0.2) is 143 Å². The molecule has 0 radical (unpaired) electrons. The molecule has 8 atom stereocenters. The number of para-hydroxylation sites is 1. The highest BCUT2D eigenvalue weighted by atomic mass is 32.2. The van der Waals surface area contributed by atoms with Gasteiger partial charge < -0.3 is 42.7 Å². The van der Waals surface area contributed by atoms with Crippen LogP contribution in [0.3, 0.4) is 0 Å². The van der Waals surface area contributed by atoms with Crippen LogP contribution < -0.4 is 32.7 Å². The number of aromatic nitrogens is 3. The second kappa shape index (κ2) is 38.6. The second-order valence-corrected chi connectivity index (χ2v) is 28.2. The van der Waals surface area contributed by atoms with Crippen molar-refractivity contribution in [1.29, 1.82) is 0 Å². The number of H-pyrrole nitrogens is 2. The summed E-state index contributed by atoms with van der Waals surface area (Å²) < 4.78 is 0.